The second-order valence-corrected chi connectivity index (χ2v) is 9.11. The third kappa shape index (κ3) is 1.96. The van der Waals surface area contributed by atoms with Crippen LogP contribution in [0.2, 0.25) is 0 Å². The Morgan fingerprint density at radius 1 is 0.793 bits per heavy atom. The van der Waals surface area contributed by atoms with Crippen molar-refractivity contribution < 1.29 is 14.0 Å². The maximum absolute atomic E-state index is 13.6. The summed E-state index contributed by atoms with van der Waals surface area (Å²) in [6, 6.07) is 21.6. The van der Waals surface area contributed by atoms with Crippen LogP contribution in [0.25, 0.3) is 0 Å². The van der Waals surface area contributed by atoms with Gasteiger partial charge in [-0.2, -0.15) is 0 Å². The summed E-state index contributed by atoms with van der Waals surface area (Å²) in [5.41, 5.74) is 4.69. The predicted molar refractivity (Wildman–Crippen MR) is 110 cm³/mol. The molecule has 0 spiro atoms. The summed E-state index contributed by atoms with van der Waals surface area (Å²) in [6.07, 6.45) is 0. The summed E-state index contributed by atoms with van der Waals surface area (Å²) >= 11 is 3.96. The van der Waals surface area contributed by atoms with Gasteiger partial charge in [-0.15, -0.1) is 0 Å². The Morgan fingerprint density at radius 2 is 1.34 bits per heavy atom. The number of nitrogens with zero attached hydrogens (tertiary/aromatic N) is 1. The van der Waals surface area contributed by atoms with Gasteiger partial charge in [0.15, 0.2) is 0 Å². The van der Waals surface area contributed by atoms with Gasteiger partial charge in [-0.05, 0) is 46.5 Å². The molecule has 3 aromatic rings. The molecule has 5 heteroatoms. The summed E-state index contributed by atoms with van der Waals surface area (Å²) in [6.45, 7) is 0. The molecule has 2 bridgehead atoms. The zero-order valence-corrected chi connectivity index (χ0v) is 16.8. The van der Waals surface area contributed by atoms with Gasteiger partial charge in [0.2, 0.25) is 11.8 Å². The first kappa shape index (κ1) is 17.1. The van der Waals surface area contributed by atoms with Crippen LogP contribution in [0, 0.1) is 17.7 Å². The Balaban J connectivity index is 1.61. The van der Waals surface area contributed by atoms with Crippen molar-refractivity contribution in [3.05, 3.63) is 101 Å². The van der Waals surface area contributed by atoms with Crippen LogP contribution < -0.4 is 4.90 Å². The number of hydrogen-bond donors (Lipinski definition) is 0. The van der Waals surface area contributed by atoms with Crippen molar-refractivity contribution in [2.45, 2.75) is 10.2 Å². The highest BCUT2D eigenvalue weighted by molar-refractivity contribution is 9.09. The van der Waals surface area contributed by atoms with E-state index in [1.54, 1.807) is 0 Å². The van der Waals surface area contributed by atoms with Crippen LogP contribution in [0.3, 0.4) is 0 Å². The summed E-state index contributed by atoms with van der Waals surface area (Å²) in [5.74, 6) is -2.07. The summed E-state index contributed by atoms with van der Waals surface area (Å²) < 4.78 is 12.7. The highest BCUT2D eigenvalue weighted by atomic mass is 79.9. The number of halogens is 2. The van der Waals surface area contributed by atoms with Gasteiger partial charge in [-0.1, -0.05) is 64.5 Å². The molecular formula is C24H15BrFNO2. The van der Waals surface area contributed by atoms with E-state index < -0.39 is 22.0 Å². The number of benzene rings is 3. The number of anilines is 1. The van der Waals surface area contributed by atoms with Crippen LogP contribution in [-0.2, 0) is 13.9 Å². The summed E-state index contributed by atoms with van der Waals surface area (Å²) in [7, 11) is 0. The highest BCUT2D eigenvalue weighted by Gasteiger charge is 2.67. The minimum absolute atomic E-state index is 0.172. The van der Waals surface area contributed by atoms with Crippen LogP contribution in [0.15, 0.2) is 72.8 Å². The first-order valence-corrected chi connectivity index (χ1v) is 10.3. The van der Waals surface area contributed by atoms with Gasteiger partial charge in [-0.25, -0.2) is 9.29 Å². The van der Waals surface area contributed by atoms with Gasteiger partial charge >= 0.3 is 0 Å². The third-order valence-electron chi connectivity index (χ3n) is 6.60. The van der Waals surface area contributed by atoms with Gasteiger partial charge in [-0.3, -0.25) is 9.59 Å². The first-order valence-electron chi connectivity index (χ1n) is 9.54. The van der Waals surface area contributed by atoms with E-state index in [0.717, 1.165) is 22.3 Å². The minimum atomic E-state index is -0.763. The molecule has 7 rings (SSSR count). The zero-order chi connectivity index (χ0) is 19.9. The Labute approximate surface area is 175 Å². The SMILES string of the molecule is O=C1[C@@H]2[C@@H](C(=O)N1c1ccc(F)cc1)C1c3ccccc3C2(Br)c2ccccc21. The molecule has 3 nitrogen and oxygen atoms in total. The fraction of sp³-hybridized carbons (Fsp3) is 0.167. The van der Waals surface area contributed by atoms with Gasteiger partial charge in [0, 0.05) is 5.92 Å². The fourth-order valence-corrected chi connectivity index (χ4v) is 6.73. The molecule has 4 aliphatic rings. The van der Waals surface area contributed by atoms with Crippen molar-refractivity contribution in [2.24, 2.45) is 11.8 Å². The number of hydrogen-bond acceptors (Lipinski definition) is 2. The molecule has 0 radical (unpaired) electrons. The van der Waals surface area contributed by atoms with E-state index in [9.17, 15) is 14.0 Å². The van der Waals surface area contributed by atoms with Crippen molar-refractivity contribution >= 4 is 33.4 Å². The molecular weight excluding hydrogens is 433 g/mol. The molecule has 3 aromatic carbocycles. The van der Waals surface area contributed by atoms with Gasteiger partial charge in [0.1, 0.15) is 5.82 Å². The number of alkyl halides is 1. The monoisotopic (exact) mass is 447 g/mol. The molecule has 29 heavy (non-hydrogen) atoms. The van der Waals surface area contributed by atoms with Crippen LogP contribution in [0.5, 0.6) is 0 Å². The molecule has 2 atom stereocenters. The van der Waals surface area contributed by atoms with Gasteiger partial charge in [0.25, 0.3) is 0 Å². The number of rotatable bonds is 1. The van der Waals surface area contributed by atoms with E-state index in [0.29, 0.717) is 5.69 Å². The zero-order valence-electron chi connectivity index (χ0n) is 15.2. The van der Waals surface area contributed by atoms with Crippen molar-refractivity contribution in [1.82, 2.24) is 0 Å². The van der Waals surface area contributed by atoms with Crippen molar-refractivity contribution in [3.63, 3.8) is 0 Å². The summed E-state index contributed by atoms with van der Waals surface area (Å²) in [5, 5.41) is 0. The Bertz CT molecular complexity index is 1160. The van der Waals surface area contributed by atoms with Crippen LogP contribution >= 0.6 is 15.9 Å². The lowest BCUT2D eigenvalue weighted by Crippen LogP contribution is -2.50. The predicted octanol–water partition coefficient (Wildman–Crippen LogP) is 4.73. The topological polar surface area (TPSA) is 37.4 Å². The second kappa shape index (κ2) is 5.63. The second-order valence-electron chi connectivity index (χ2n) is 7.86. The average molecular weight is 448 g/mol. The molecule has 1 saturated heterocycles. The van der Waals surface area contributed by atoms with Gasteiger partial charge in [0.05, 0.1) is 21.8 Å². The molecule has 2 amide bonds. The van der Waals surface area contributed by atoms with Crippen LogP contribution in [-0.4, -0.2) is 11.8 Å². The van der Waals surface area contributed by atoms with Crippen molar-refractivity contribution in [3.8, 4) is 0 Å². The minimum Gasteiger partial charge on any atom is -0.274 e. The Morgan fingerprint density at radius 3 is 1.93 bits per heavy atom. The molecule has 3 aliphatic carbocycles. The van der Waals surface area contributed by atoms with E-state index in [1.165, 1.54) is 29.2 Å². The lowest BCUT2D eigenvalue weighted by atomic mass is 9.55. The molecule has 1 fully saturated rings. The van der Waals surface area contributed by atoms with Crippen molar-refractivity contribution in [2.75, 3.05) is 4.90 Å². The van der Waals surface area contributed by atoms with Crippen LogP contribution in [0.4, 0.5) is 10.1 Å². The molecule has 1 aliphatic heterocycles. The van der Waals surface area contributed by atoms with E-state index in [1.807, 2.05) is 36.4 Å². The highest BCUT2D eigenvalue weighted by Crippen LogP contribution is 2.66. The van der Waals surface area contributed by atoms with Crippen molar-refractivity contribution in [1.29, 1.82) is 0 Å². The maximum atomic E-state index is 13.6. The fourth-order valence-electron chi connectivity index (χ4n) is 5.52. The van der Waals surface area contributed by atoms with Crippen LogP contribution in [0.1, 0.15) is 28.2 Å². The molecule has 0 saturated carbocycles. The van der Waals surface area contributed by atoms with E-state index in [-0.39, 0.29) is 17.7 Å². The van der Waals surface area contributed by atoms with E-state index >= 15 is 0 Å². The lowest BCUT2D eigenvalue weighted by molar-refractivity contribution is -0.122. The number of carbonyl (C=O) groups is 2. The lowest BCUT2D eigenvalue weighted by Gasteiger charge is -2.51. The van der Waals surface area contributed by atoms with E-state index in [4.69, 9.17) is 0 Å². The first-order chi connectivity index (χ1) is 14.0. The van der Waals surface area contributed by atoms with Gasteiger partial charge < -0.3 is 0 Å². The largest absolute Gasteiger partial charge is 0.274 e. The third-order valence-corrected chi connectivity index (χ3v) is 7.95. The quantitative estimate of drug-likeness (QED) is 0.399. The molecule has 142 valence electrons. The Kier molecular flexibility index (Phi) is 3.32. The number of amides is 2. The standard InChI is InChI=1S/C24H15BrFNO2/c25-24-17-7-3-1-5-15(17)19(16-6-2-4-8-18(16)24)20-21(24)23(29)27(22(20)28)14-11-9-13(26)10-12-14/h1-12,19-21H/t19?,20-,21-,24?/m0/s1. The maximum Gasteiger partial charge on any atom is 0.239 e. The molecule has 1 heterocycles. The molecule has 0 N–H and O–H groups in total. The number of imide groups is 1. The Hall–Kier alpha value is -2.79. The summed E-state index contributed by atoms with van der Waals surface area (Å²) in [4.78, 5) is 28.5. The number of carbonyl (C=O) groups excluding carboxylic acids is 2. The molecule has 0 unspecified atom stereocenters. The molecule has 0 aromatic heterocycles. The normalized spacial score (nSPS) is 28.9. The van der Waals surface area contributed by atoms with E-state index in [2.05, 4.69) is 28.1 Å². The smallest absolute Gasteiger partial charge is 0.239 e. The average Bonchev–Trinajstić information content (AvgIpc) is 3.01.